The Morgan fingerprint density at radius 2 is 2.00 bits per heavy atom. The summed E-state index contributed by atoms with van der Waals surface area (Å²) in [6, 6.07) is -0.638. The van der Waals surface area contributed by atoms with Crippen LogP contribution >= 0.6 is 0 Å². The summed E-state index contributed by atoms with van der Waals surface area (Å²) in [5, 5.41) is 20.7. The molecule has 3 atom stereocenters. The van der Waals surface area contributed by atoms with E-state index in [1.807, 2.05) is 13.8 Å². The number of carbonyl (C=O) groups is 2. The van der Waals surface area contributed by atoms with Gasteiger partial charge in [-0.3, -0.25) is 9.59 Å². The molecule has 0 aliphatic carbocycles. The first-order chi connectivity index (χ1) is 7.69. The van der Waals surface area contributed by atoms with Gasteiger partial charge in [-0.1, -0.05) is 20.3 Å². The summed E-state index contributed by atoms with van der Waals surface area (Å²) in [6.45, 7) is 5.02. The number of carboxylic acids is 1. The molecule has 0 rings (SSSR count). The molecule has 0 heterocycles. The van der Waals surface area contributed by atoms with Crippen molar-refractivity contribution in [2.45, 2.75) is 45.3 Å². The largest absolute Gasteiger partial charge is 0.481 e. The van der Waals surface area contributed by atoms with Crippen LogP contribution in [0.5, 0.6) is 0 Å². The fourth-order valence-electron chi connectivity index (χ4n) is 1.30. The predicted molar refractivity (Wildman–Crippen MR) is 63.3 cm³/mol. The zero-order valence-corrected chi connectivity index (χ0v) is 10.6. The highest BCUT2D eigenvalue weighted by Crippen LogP contribution is 2.09. The van der Waals surface area contributed by atoms with Crippen LogP contribution in [0.3, 0.4) is 0 Å². The molecule has 5 N–H and O–H groups in total. The molecule has 0 aromatic carbocycles. The molecule has 17 heavy (non-hydrogen) atoms. The number of rotatable bonds is 7. The molecule has 0 aromatic rings. The molecular formula is C11H22N2O4. The molecule has 0 aromatic heterocycles. The van der Waals surface area contributed by atoms with E-state index in [1.54, 1.807) is 0 Å². The van der Waals surface area contributed by atoms with Crippen LogP contribution in [0, 0.1) is 5.92 Å². The number of carboxylic acid groups (broad SMARTS) is 1. The Hall–Kier alpha value is -1.14. The summed E-state index contributed by atoms with van der Waals surface area (Å²) in [6.07, 6.45) is 0.353. The van der Waals surface area contributed by atoms with E-state index in [-0.39, 0.29) is 18.4 Å². The van der Waals surface area contributed by atoms with Gasteiger partial charge in [-0.05, 0) is 12.8 Å². The average molecular weight is 246 g/mol. The standard InChI is InChI=1S/C11H22N2O4/c1-4-7(2)9(12)10(16)13-6-11(3,17)5-8(14)15/h7,9,17H,4-6,12H2,1-3H3,(H,13,16)(H,14,15)/t7?,9-,11?/m0/s1. The molecule has 2 unspecified atom stereocenters. The predicted octanol–water partition coefficient (Wildman–Crippen LogP) is -0.298. The minimum absolute atomic E-state index is 0.0411. The van der Waals surface area contributed by atoms with Crippen molar-refractivity contribution < 1.29 is 19.8 Å². The smallest absolute Gasteiger partial charge is 0.306 e. The van der Waals surface area contributed by atoms with Crippen molar-refractivity contribution in [3.8, 4) is 0 Å². The van der Waals surface area contributed by atoms with Crippen LogP contribution in [0.2, 0.25) is 0 Å². The summed E-state index contributed by atoms with van der Waals surface area (Å²) in [4.78, 5) is 22.0. The highest BCUT2D eigenvalue weighted by Gasteiger charge is 2.27. The monoisotopic (exact) mass is 246 g/mol. The molecule has 0 radical (unpaired) electrons. The first-order valence-corrected chi connectivity index (χ1v) is 5.67. The maximum absolute atomic E-state index is 11.6. The van der Waals surface area contributed by atoms with E-state index in [1.165, 1.54) is 6.92 Å². The van der Waals surface area contributed by atoms with E-state index in [9.17, 15) is 14.7 Å². The molecule has 0 aliphatic rings. The Labute approximate surface area is 101 Å². The molecule has 0 fully saturated rings. The first kappa shape index (κ1) is 15.9. The topological polar surface area (TPSA) is 113 Å². The number of hydrogen-bond acceptors (Lipinski definition) is 4. The average Bonchev–Trinajstić information content (AvgIpc) is 2.22. The minimum atomic E-state index is -1.46. The lowest BCUT2D eigenvalue weighted by atomic mass is 9.98. The summed E-state index contributed by atoms with van der Waals surface area (Å²) in [5.74, 6) is -1.44. The van der Waals surface area contributed by atoms with Crippen LogP contribution in [0.1, 0.15) is 33.6 Å². The van der Waals surface area contributed by atoms with Crippen LogP contribution < -0.4 is 11.1 Å². The second-order valence-electron chi connectivity index (χ2n) is 4.70. The molecule has 100 valence electrons. The number of nitrogens with two attached hydrogens (primary N) is 1. The molecule has 0 bridgehead atoms. The van der Waals surface area contributed by atoms with Gasteiger partial charge in [0, 0.05) is 6.54 Å². The van der Waals surface area contributed by atoms with Crippen molar-refractivity contribution in [3.05, 3.63) is 0 Å². The number of aliphatic carboxylic acids is 1. The van der Waals surface area contributed by atoms with Crippen molar-refractivity contribution in [2.75, 3.05) is 6.54 Å². The SMILES string of the molecule is CCC(C)[C@H](N)C(=O)NCC(C)(O)CC(=O)O. The molecule has 0 saturated carbocycles. The lowest BCUT2D eigenvalue weighted by Crippen LogP contribution is -2.49. The molecule has 0 aliphatic heterocycles. The van der Waals surface area contributed by atoms with E-state index in [0.717, 1.165) is 6.42 Å². The van der Waals surface area contributed by atoms with Gasteiger partial charge in [0.1, 0.15) is 0 Å². The highest BCUT2D eigenvalue weighted by atomic mass is 16.4. The Morgan fingerprint density at radius 3 is 2.41 bits per heavy atom. The van der Waals surface area contributed by atoms with Gasteiger partial charge in [-0.2, -0.15) is 0 Å². The van der Waals surface area contributed by atoms with Gasteiger partial charge < -0.3 is 21.3 Å². The number of hydrogen-bond donors (Lipinski definition) is 4. The third-order valence-electron chi connectivity index (χ3n) is 2.74. The maximum atomic E-state index is 11.6. The molecule has 6 heteroatoms. The van der Waals surface area contributed by atoms with Gasteiger partial charge in [0.25, 0.3) is 0 Å². The Kier molecular flexibility index (Phi) is 6.12. The zero-order valence-electron chi connectivity index (χ0n) is 10.6. The molecule has 1 amide bonds. The molecule has 0 spiro atoms. The molecule has 0 saturated heterocycles. The summed E-state index contributed by atoms with van der Waals surface area (Å²) in [5.41, 5.74) is 4.23. The number of aliphatic hydroxyl groups is 1. The van der Waals surface area contributed by atoms with Crippen LogP contribution in [0.4, 0.5) is 0 Å². The minimum Gasteiger partial charge on any atom is -0.481 e. The lowest BCUT2D eigenvalue weighted by Gasteiger charge is -2.24. The van der Waals surface area contributed by atoms with Crippen molar-refractivity contribution in [2.24, 2.45) is 11.7 Å². The molecule has 6 nitrogen and oxygen atoms in total. The van der Waals surface area contributed by atoms with Gasteiger partial charge >= 0.3 is 5.97 Å². The van der Waals surface area contributed by atoms with Crippen LogP contribution in [0.25, 0.3) is 0 Å². The van der Waals surface area contributed by atoms with Gasteiger partial charge in [0.2, 0.25) is 5.91 Å². The summed E-state index contributed by atoms with van der Waals surface area (Å²) < 4.78 is 0. The van der Waals surface area contributed by atoms with Crippen molar-refractivity contribution in [1.29, 1.82) is 0 Å². The van der Waals surface area contributed by atoms with Gasteiger partial charge in [0.15, 0.2) is 0 Å². The Bertz CT molecular complexity index is 279. The van der Waals surface area contributed by atoms with E-state index in [2.05, 4.69) is 5.32 Å². The Morgan fingerprint density at radius 1 is 1.47 bits per heavy atom. The number of nitrogens with one attached hydrogen (secondary N) is 1. The Balaban J connectivity index is 4.19. The number of carbonyl (C=O) groups excluding carboxylic acids is 1. The maximum Gasteiger partial charge on any atom is 0.306 e. The van der Waals surface area contributed by atoms with E-state index < -0.39 is 24.0 Å². The van der Waals surface area contributed by atoms with Crippen molar-refractivity contribution in [1.82, 2.24) is 5.32 Å². The fraction of sp³-hybridized carbons (Fsp3) is 0.818. The van der Waals surface area contributed by atoms with E-state index in [4.69, 9.17) is 10.8 Å². The van der Waals surface area contributed by atoms with Crippen molar-refractivity contribution in [3.63, 3.8) is 0 Å². The van der Waals surface area contributed by atoms with E-state index in [0.29, 0.717) is 0 Å². The van der Waals surface area contributed by atoms with Gasteiger partial charge in [0.05, 0.1) is 18.1 Å². The van der Waals surface area contributed by atoms with Crippen LogP contribution in [0.15, 0.2) is 0 Å². The second-order valence-corrected chi connectivity index (χ2v) is 4.70. The van der Waals surface area contributed by atoms with E-state index >= 15 is 0 Å². The third-order valence-corrected chi connectivity index (χ3v) is 2.74. The van der Waals surface area contributed by atoms with Gasteiger partial charge in [-0.25, -0.2) is 0 Å². The molecular weight excluding hydrogens is 224 g/mol. The lowest BCUT2D eigenvalue weighted by molar-refractivity contribution is -0.142. The van der Waals surface area contributed by atoms with Crippen LogP contribution in [-0.4, -0.2) is 40.3 Å². The van der Waals surface area contributed by atoms with Crippen LogP contribution in [-0.2, 0) is 9.59 Å². The van der Waals surface area contributed by atoms with Gasteiger partial charge in [-0.15, -0.1) is 0 Å². The highest BCUT2D eigenvalue weighted by molar-refractivity contribution is 5.81. The number of amides is 1. The zero-order chi connectivity index (χ0) is 13.6. The quantitative estimate of drug-likeness (QED) is 0.492. The third kappa shape index (κ3) is 6.23. The first-order valence-electron chi connectivity index (χ1n) is 5.67. The normalized spacial score (nSPS) is 17.9. The summed E-state index contributed by atoms with van der Waals surface area (Å²) in [7, 11) is 0. The second kappa shape index (κ2) is 6.56. The summed E-state index contributed by atoms with van der Waals surface area (Å²) >= 11 is 0. The van der Waals surface area contributed by atoms with Crippen molar-refractivity contribution >= 4 is 11.9 Å². The fourth-order valence-corrected chi connectivity index (χ4v) is 1.30.